The summed E-state index contributed by atoms with van der Waals surface area (Å²) < 4.78 is 31.6. The number of carbonyl (C=O) groups is 1. The summed E-state index contributed by atoms with van der Waals surface area (Å²) in [4.78, 5) is 12.4. The van der Waals surface area contributed by atoms with Crippen LogP contribution in [0, 0.1) is 6.92 Å². The summed E-state index contributed by atoms with van der Waals surface area (Å²) in [5.74, 6) is 0.515. The molecule has 0 bridgehead atoms. The van der Waals surface area contributed by atoms with Crippen molar-refractivity contribution in [1.29, 1.82) is 0 Å². The highest BCUT2D eigenvalue weighted by atomic mass is 35.5. The lowest BCUT2D eigenvalue weighted by Gasteiger charge is -2.23. The molecule has 33 heavy (non-hydrogen) atoms. The van der Waals surface area contributed by atoms with Crippen molar-refractivity contribution in [2.75, 3.05) is 23.7 Å². The van der Waals surface area contributed by atoms with Crippen molar-refractivity contribution in [1.82, 2.24) is 5.32 Å². The van der Waals surface area contributed by atoms with Gasteiger partial charge in [0.15, 0.2) is 0 Å². The molecule has 1 N–H and O–H groups in total. The Morgan fingerprint density at radius 1 is 1.00 bits per heavy atom. The van der Waals surface area contributed by atoms with Crippen LogP contribution >= 0.6 is 23.2 Å². The van der Waals surface area contributed by atoms with E-state index in [2.05, 4.69) is 5.32 Å². The van der Waals surface area contributed by atoms with E-state index in [1.165, 1.54) is 22.5 Å². The van der Waals surface area contributed by atoms with E-state index in [0.29, 0.717) is 40.0 Å². The Morgan fingerprint density at radius 2 is 1.67 bits per heavy atom. The maximum atomic E-state index is 12.4. The summed E-state index contributed by atoms with van der Waals surface area (Å²) in [6.07, 6.45) is 1.11. The van der Waals surface area contributed by atoms with Gasteiger partial charge in [0.05, 0.1) is 25.0 Å². The van der Waals surface area contributed by atoms with Crippen molar-refractivity contribution >= 4 is 44.8 Å². The molecule has 0 aliphatic rings. The van der Waals surface area contributed by atoms with Gasteiger partial charge in [-0.05, 0) is 60.5 Å². The third kappa shape index (κ3) is 7.39. The Hall–Kier alpha value is -2.74. The molecule has 3 aromatic carbocycles. The first-order chi connectivity index (χ1) is 15.6. The minimum atomic E-state index is -3.59. The van der Waals surface area contributed by atoms with Crippen molar-refractivity contribution in [3.05, 3.63) is 93.5 Å². The number of ether oxygens (including phenoxy) is 1. The summed E-state index contributed by atoms with van der Waals surface area (Å²) in [6.45, 7) is 2.75. The normalized spacial score (nSPS) is 11.2. The fourth-order valence-electron chi connectivity index (χ4n) is 3.15. The van der Waals surface area contributed by atoms with E-state index < -0.39 is 10.0 Å². The molecule has 0 aromatic heterocycles. The molecule has 174 valence electrons. The van der Waals surface area contributed by atoms with E-state index in [0.717, 1.165) is 17.6 Å². The number of hydrogen-bond acceptors (Lipinski definition) is 4. The first-order valence-corrected chi connectivity index (χ1v) is 12.7. The Bertz CT molecular complexity index is 1210. The Balaban J connectivity index is 1.60. The molecule has 0 saturated carbocycles. The van der Waals surface area contributed by atoms with Gasteiger partial charge in [-0.15, -0.1) is 0 Å². The molecule has 0 atom stereocenters. The number of halogens is 2. The minimum absolute atomic E-state index is 0.0712. The maximum Gasteiger partial charge on any atom is 0.251 e. The van der Waals surface area contributed by atoms with Crippen LogP contribution in [0.3, 0.4) is 0 Å². The van der Waals surface area contributed by atoms with Gasteiger partial charge in [0.1, 0.15) is 12.4 Å². The van der Waals surface area contributed by atoms with Crippen LogP contribution in [0.2, 0.25) is 10.0 Å². The lowest BCUT2D eigenvalue weighted by atomic mass is 10.1. The second-order valence-electron chi connectivity index (χ2n) is 7.52. The molecular formula is C24H24Cl2N2O4S. The molecule has 9 heteroatoms. The standard InChI is InChI=1S/C24H24Cl2N2O4S/c1-17-4-3-5-23(12-17)32-11-10-27-24(29)19-8-6-18(7-9-19)16-28(33(2,30)31)22-14-20(25)13-21(26)15-22/h3-9,12-15H,10-11,16H2,1-2H3,(H,27,29). The smallest absolute Gasteiger partial charge is 0.251 e. The van der Waals surface area contributed by atoms with E-state index in [9.17, 15) is 13.2 Å². The zero-order valence-corrected chi connectivity index (χ0v) is 20.5. The number of anilines is 1. The van der Waals surface area contributed by atoms with Gasteiger partial charge in [-0.2, -0.15) is 0 Å². The molecule has 3 aromatic rings. The second kappa shape index (κ2) is 10.9. The van der Waals surface area contributed by atoms with E-state index in [-0.39, 0.29) is 12.5 Å². The molecule has 0 radical (unpaired) electrons. The van der Waals surface area contributed by atoms with Crippen molar-refractivity contribution < 1.29 is 17.9 Å². The van der Waals surface area contributed by atoms with Crippen molar-refractivity contribution in [2.45, 2.75) is 13.5 Å². The first kappa shape index (κ1) is 24.9. The average molecular weight is 507 g/mol. The SMILES string of the molecule is Cc1cccc(OCCNC(=O)c2ccc(CN(c3cc(Cl)cc(Cl)c3)S(C)(=O)=O)cc2)c1. The summed E-state index contributed by atoms with van der Waals surface area (Å²) >= 11 is 12.1. The van der Waals surface area contributed by atoms with Crippen LogP contribution in [0.1, 0.15) is 21.5 Å². The molecular weight excluding hydrogens is 483 g/mol. The van der Waals surface area contributed by atoms with Crippen LogP contribution in [-0.2, 0) is 16.6 Å². The maximum absolute atomic E-state index is 12.4. The van der Waals surface area contributed by atoms with Crippen LogP contribution in [0.4, 0.5) is 5.69 Å². The molecule has 0 unspecified atom stereocenters. The molecule has 0 heterocycles. The van der Waals surface area contributed by atoms with E-state index in [1.54, 1.807) is 24.3 Å². The lowest BCUT2D eigenvalue weighted by molar-refractivity contribution is 0.0947. The molecule has 1 amide bonds. The van der Waals surface area contributed by atoms with Gasteiger partial charge < -0.3 is 10.1 Å². The number of nitrogens with zero attached hydrogens (tertiary/aromatic N) is 1. The van der Waals surface area contributed by atoms with Crippen molar-refractivity contribution in [3.8, 4) is 5.75 Å². The predicted octanol–water partition coefficient (Wildman–Crippen LogP) is 5.08. The number of nitrogens with one attached hydrogen (secondary N) is 1. The summed E-state index contributed by atoms with van der Waals surface area (Å²) in [5, 5.41) is 3.48. The van der Waals surface area contributed by atoms with Gasteiger partial charge in [-0.3, -0.25) is 9.10 Å². The van der Waals surface area contributed by atoms with E-state index in [4.69, 9.17) is 27.9 Å². The van der Waals surface area contributed by atoms with Crippen molar-refractivity contribution in [2.24, 2.45) is 0 Å². The number of aryl methyl sites for hydroxylation is 1. The number of sulfonamides is 1. The Kier molecular flexibility index (Phi) is 8.24. The second-order valence-corrected chi connectivity index (χ2v) is 10.3. The highest BCUT2D eigenvalue weighted by Crippen LogP contribution is 2.28. The number of benzene rings is 3. The van der Waals surface area contributed by atoms with Gasteiger partial charge in [-0.1, -0.05) is 47.5 Å². The fraction of sp³-hybridized carbons (Fsp3) is 0.208. The average Bonchev–Trinajstić information content (AvgIpc) is 2.74. The zero-order valence-electron chi connectivity index (χ0n) is 18.2. The first-order valence-electron chi connectivity index (χ1n) is 10.1. The molecule has 0 aliphatic heterocycles. The van der Waals surface area contributed by atoms with Crippen LogP contribution in [0.5, 0.6) is 5.75 Å². The number of rotatable bonds is 9. The monoisotopic (exact) mass is 506 g/mol. The van der Waals surface area contributed by atoms with Crippen LogP contribution in [0.15, 0.2) is 66.7 Å². The number of hydrogen-bond donors (Lipinski definition) is 1. The van der Waals surface area contributed by atoms with Gasteiger partial charge in [0.25, 0.3) is 5.91 Å². The Labute approximate surface area is 204 Å². The van der Waals surface area contributed by atoms with Gasteiger partial charge in [0, 0.05) is 15.6 Å². The van der Waals surface area contributed by atoms with Gasteiger partial charge in [0.2, 0.25) is 10.0 Å². The fourth-order valence-corrected chi connectivity index (χ4v) is 4.54. The summed E-state index contributed by atoms with van der Waals surface area (Å²) in [6, 6.07) is 19.0. The summed E-state index contributed by atoms with van der Waals surface area (Å²) in [5.41, 5.74) is 2.64. The zero-order chi connectivity index (χ0) is 24.0. The van der Waals surface area contributed by atoms with Gasteiger partial charge >= 0.3 is 0 Å². The molecule has 0 fully saturated rings. The van der Waals surface area contributed by atoms with Crippen molar-refractivity contribution in [3.63, 3.8) is 0 Å². The number of amides is 1. The van der Waals surface area contributed by atoms with Gasteiger partial charge in [-0.25, -0.2) is 8.42 Å². The molecule has 0 saturated heterocycles. The predicted molar refractivity (Wildman–Crippen MR) is 133 cm³/mol. The molecule has 6 nitrogen and oxygen atoms in total. The highest BCUT2D eigenvalue weighted by Gasteiger charge is 2.19. The highest BCUT2D eigenvalue weighted by molar-refractivity contribution is 7.92. The molecule has 0 aliphatic carbocycles. The third-order valence-electron chi connectivity index (χ3n) is 4.72. The summed E-state index contributed by atoms with van der Waals surface area (Å²) in [7, 11) is -3.59. The van der Waals surface area contributed by atoms with Crippen LogP contribution in [-0.4, -0.2) is 33.7 Å². The third-order valence-corrected chi connectivity index (χ3v) is 6.30. The van der Waals surface area contributed by atoms with E-state index >= 15 is 0 Å². The van der Waals surface area contributed by atoms with Crippen LogP contribution < -0.4 is 14.4 Å². The molecule has 3 rings (SSSR count). The number of carbonyl (C=O) groups excluding carboxylic acids is 1. The topological polar surface area (TPSA) is 75.7 Å². The largest absolute Gasteiger partial charge is 0.492 e. The quantitative estimate of drug-likeness (QED) is 0.410. The van der Waals surface area contributed by atoms with E-state index in [1.807, 2.05) is 31.2 Å². The minimum Gasteiger partial charge on any atom is -0.492 e. The molecule has 0 spiro atoms. The lowest BCUT2D eigenvalue weighted by Crippen LogP contribution is -2.29. The van der Waals surface area contributed by atoms with Crippen LogP contribution in [0.25, 0.3) is 0 Å². The Morgan fingerprint density at radius 3 is 2.27 bits per heavy atom.